The summed E-state index contributed by atoms with van der Waals surface area (Å²) < 4.78 is 6.41. The fourth-order valence-electron chi connectivity index (χ4n) is 2.70. The van der Waals surface area contributed by atoms with Gasteiger partial charge in [-0.1, -0.05) is 12.1 Å². The molecule has 1 aromatic rings. The molecule has 0 fully saturated rings. The summed E-state index contributed by atoms with van der Waals surface area (Å²) in [5.41, 5.74) is 1.78. The van der Waals surface area contributed by atoms with Crippen molar-refractivity contribution in [2.24, 2.45) is 0 Å². The maximum atomic E-state index is 11.8. The Morgan fingerprint density at radius 1 is 1.11 bits per heavy atom. The van der Waals surface area contributed by atoms with Gasteiger partial charge in [0.25, 0.3) is 6.23 Å². The Bertz CT molecular complexity index is 421. The molecular formula is C14H20ClNO2. The second-order valence-electron chi connectivity index (χ2n) is 4.51. The van der Waals surface area contributed by atoms with E-state index in [9.17, 15) is 4.79 Å². The van der Waals surface area contributed by atoms with E-state index in [1.165, 1.54) is 0 Å². The van der Waals surface area contributed by atoms with Crippen molar-refractivity contribution >= 4 is 5.97 Å². The molecule has 1 unspecified atom stereocenters. The van der Waals surface area contributed by atoms with Crippen molar-refractivity contribution in [1.82, 2.24) is 0 Å². The smallest absolute Gasteiger partial charge is 0.343 e. The molecule has 0 aliphatic carbocycles. The Morgan fingerprint density at radius 3 is 2.22 bits per heavy atom. The fourth-order valence-corrected chi connectivity index (χ4v) is 2.70. The normalized spacial score (nSPS) is 17.9. The van der Waals surface area contributed by atoms with Crippen LogP contribution in [-0.4, -0.2) is 30.1 Å². The van der Waals surface area contributed by atoms with E-state index < -0.39 is 0 Å². The van der Waals surface area contributed by atoms with Gasteiger partial charge < -0.3 is 17.1 Å². The summed E-state index contributed by atoms with van der Waals surface area (Å²) in [5.74, 6) is -0.177. The predicted molar refractivity (Wildman–Crippen MR) is 66.5 cm³/mol. The van der Waals surface area contributed by atoms with E-state index in [4.69, 9.17) is 4.74 Å². The van der Waals surface area contributed by atoms with Crippen LogP contribution >= 0.6 is 0 Å². The van der Waals surface area contributed by atoms with Gasteiger partial charge in [0.05, 0.1) is 30.8 Å². The zero-order valence-electron chi connectivity index (χ0n) is 11.1. The number of quaternary nitrogens is 1. The molecule has 4 heteroatoms. The van der Waals surface area contributed by atoms with Gasteiger partial charge in [0.2, 0.25) is 0 Å². The molecule has 1 heterocycles. The van der Waals surface area contributed by atoms with Crippen LogP contribution in [0.3, 0.4) is 0 Å². The van der Waals surface area contributed by atoms with Crippen molar-refractivity contribution in [2.75, 3.05) is 19.6 Å². The minimum absolute atomic E-state index is 0. The highest BCUT2D eigenvalue weighted by atomic mass is 35.5. The molecule has 100 valence electrons. The van der Waals surface area contributed by atoms with E-state index in [0.717, 1.165) is 35.2 Å². The van der Waals surface area contributed by atoms with Crippen LogP contribution < -0.4 is 12.4 Å². The third-order valence-corrected chi connectivity index (χ3v) is 4.05. The molecule has 0 aromatic heterocycles. The number of halogens is 1. The van der Waals surface area contributed by atoms with E-state index in [0.29, 0.717) is 0 Å². The summed E-state index contributed by atoms with van der Waals surface area (Å²) in [4.78, 5) is 11.8. The van der Waals surface area contributed by atoms with Crippen LogP contribution in [0, 0.1) is 0 Å². The third kappa shape index (κ3) is 2.13. The minimum atomic E-state index is -0.177. The van der Waals surface area contributed by atoms with Gasteiger partial charge in [-0.15, -0.1) is 0 Å². The first-order valence-corrected chi connectivity index (χ1v) is 6.34. The van der Waals surface area contributed by atoms with Crippen molar-refractivity contribution in [3.63, 3.8) is 0 Å². The zero-order chi connectivity index (χ0) is 12.5. The summed E-state index contributed by atoms with van der Waals surface area (Å²) in [6.45, 7) is 9.38. The van der Waals surface area contributed by atoms with E-state index in [1.807, 2.05) is 24.3 Å². The Balaban J connectivity index is 0.00000162. The van der Waals surface area contributed by atoms with Crippen molar-refractivity contribution in [3.8, 4) is 0 Å². The number of cyclic esters (lactones) is 1. The summed E-state index contributed by atoms with van der Waals surface area (Å²) in [7, 11) is 0. The number of benzene rings is 1. The summed E-state index contributed by atoms with van der Waals surface area (Å²) in [6, 6.07) is 7.73. The predicted octanol–water partition coefficient (Wildman–Crippen LogP) is -0.264. The molecule has 1 aliphatic rings. The number of esters is 1. The van der Waals surface area contributed by atoms with Crippen LogP contribution in [0.15, 0.2) is 24.3 Å². The van der Waals surface area contributed by atoms with Crippen molar-refractivity contribution in [1.29, 1.82) is 0 Å². The second-order valence-corrected chi connectivity index (χ2v) is 4.51. The van der Waals surface area contributed by atoms with Crippen molar-refractivity contribution < 1.29 is 26.4 Å². The Labute approximate surface area is 115 Å². The first kappa shape index (κ1) is 15.0. The van der Waals surface area contributed by atoms with E-state index >= 15 is 0 Å². The van der Waals surface area contributed by atoms with Gasteiger partial charge in [-0.3, -0.25) is 4.48 Å². The topological polar surface area (TPSA) is 26.3 Å². The number of nitrogens with zero attached hydrogens (tertiary/aromatic N) is 1. The van der Waals surface area contributed by atoms with Crippen molar-refractivity contribution in [3.05, 3.63) is 35.4 Å². The molecule has 0 radical (unpaired) electrons. The molecule has 0 saturated carbocycles. The Hall–Kier alpha value is -1.06. The number of rotatable bonds is 4. The largest absolute Gasteiger partial charge is 1.00 e. The number of hydrogen-bond donors (Lipinski definition) is 0. The van der Waals surface area contributed by atoms with Crippen LogP contribution in [0.1, 0.15) is 42.9 Å². The van der Waals surface area contributed by atoms with E-state index in [-0.39, 0.29) is 24.6 Å². The molecule has 0 saturated heterocycles. The van der Waals surface area contributed by atoms with Gasteiger partial charge in [-0.2, -0.15) is 0 Å². The average molecular weight is 270 g/mol. The Kier molecular flexibility index (Phi) is 4.77. The first-order chi connectivity index (χ1) is 8.18. The van der Waals surface area contributed by atoms with Gasteiger partial charge in [0, 0.05) is 0 Å². The lowest BCUT2D eigenvalue weighted by molar-refractivity contribution is -0.970. The quantitative estimate of drug-likeness (QED) is 0.556. The number of hydrogen-bond acceptors (Lipinski definition) is 2. The maximum Gasteiger partial charge on any atom is 0.343 e. The lowest BCUT2D eigenvalue weighted by Gasteiger charge is -2.39. The van der Waals surface area contributed by atoms with Gasteiger partial charge >= 0.3 is 5.97 Å². The van der Waals surface area contributed by atoms with Gasteiger partial charge in [-0.05, 0) is 32.9 Å². The van der Waals surface area contributed by atoms with Crippen LogP contribution in [0.2, 0.25) is 0 Å². The number of fused-ring (bicyclic) bond motifs is 1. The van der Waals surface area contributed by atoms with Crippen molar-refractivity contribution in [2.45, 2.75) is 27.0 Å². The number of carbonyl (C=O) groups excluding carboxylic acids is 1. The molecule has 0 N–H and O–H groups in total. The second kappa shape index (κ2) is 5.72. The Morgan fingerprint density at radius 2 is 1.67 bits per heavy atom. The number of ether oxygens (including phenoxy) is 1. The molecule has 3 nitrogen and oxygen atoms in total. The fraction of sp³-hybridized carbons (Fsp3) is 0.500. The monoisotopic (exact) mass is 269 g/mol. The first-order valence-electron chi connectivity index (χ1n) is 6.34. The standard InChI is InChI=1S/C14H20NO2.ClH/c1-4-15(5-2,6-3)13-11-9-7-8-10-12(11)14(16)17-13;/h7-10,13H,4-6H2,1-3H3;1H/q+1;/p-1. The van der Waals surface area contributed by atoms with Crippen LogP contribution in [0.25, 0.3) is 0 Å². The van der Waals surface area contributed by atoms with Crippen LogP contribution in [0.5, 0.6) is 0 Å². The molecule has 2 rings (SSSR count). The average Bonchev–Trinajstić information content (AvgIpc) is 2.72. The highest BCUT2D eigenvalue weighted by Crippen LogP contribution is 2.37. The lowest BCUT2D eigenvalue weighted by atomic mass is 10.1. The molecular weight excluding hydrogens is 250 g/mol. The minimum Gasteiger partial charge on any atom is -1.00 e. The summed E-state index contributed by atoms with van der Waals surface area (Å²) >= 11 is 0. The molecule has 1 atom stereocenters. The van der Waals surface area contributed by atoms with Crippen LogP contribution in [0.4, 0.5) is 0 Å². The molecule has 0 bridgehead atoms. The van der Waals surface area contributed by atoms with Crippen LogP contribution in [-0.2, 0) is 4.74 Å². The summed E-state index contributed by atoms with van der Waals surface area (Å²) in [6.07, 6.45) is -0.126. The lowest BCUT2D eigenvalue weighted by Crippen LogP contribution is -3.00. The SMILES string of the molecule is CC[N+](CC)(CC)C1OC(=O)c2ccccc21.[Cl-]. The molecule has 18 heavy (non-hydrogen) atoms. The van der Waals surface area contributed by atoms with E-state index in [2.05, 4.69) is 20.8 Å². The molecule has 0 spiro atoms. The molecule has 1 aliphatic heterocycles. The highest BCUT2D eigenvalue weighted by Gasteiger charge is 2.43. The van der Waals surface area contributed by atoms with Gasteiger partial charge in [0.15, 0.2) is 0 Å². The third-order valence-electron chi connectivity index (χ3n) is 4.05. The maximum absolute atomic E-state index is 11.8. The van der Waals surface area contributed by atoms with Gasteiger partial charge in [-0.25, -0.2) is 4.79 Å². The number of carbonyl (C=O) groups is 1. The molecule has 0 amide bonds. The highest BCUT2D eigenvalue weighted by molar-refractivity contribution is 5.93. The zero-order valence-corrected chi connectivity index (χ0v) is 11.9. The summed E-state index contributed by atoms with van der Waals surface area (Å²) in [5, 5.41) is 0. The molecule has 1 aromatic carbocycles. The van der Waals surface area contributed by atoms with Gasteiger partial charge in [0.1, 0.15) is 0 Å². The van der Waals surface area contributed by atoms with E-state index in [1.54, 1.807) is 0 Å².